The largest absolute Gasteiger partial charge is 0.382 e. The van der Waals surface area contributed by atoms with Crippen LogP contribution in [0, 0.1) is 0 Å². The first-order valence-corrected chi connectivity index (χ1v) is 8.88. The quantitative estimate of drug-likeness (QED) is 0.768. The lowest BCUT2D eigenvalue weighted by Gasteiger charge is -2.35. The van der Waals surface area contributed by atoms with Crippen LogP contribution in [0.2, 0.25) is 0 Å². The van der Waals surface area contributed by atoms with Gasteiger partial charge in [0, 0.05) is 18.5 Å². The Balaban J connectivity index is 1.72. The zero-order valence-electron chi connectivity index (χ0n) is 13.8. The summed E-state index contributed by atoms with van der Waals surface area (Å²) in [6.07, 6.45) is 3.89. The third-order valence-corrected chi connectivity index (χ3v) is 5.20. The number of thiazole rings is 1. The summed E-state index contributed by atoms with van der Waals surface area (Å²) >= 11 is 1.53. The Bertz CT molecular complexity index is 835. The molecule has 0 amide bonds. The molecule has 1 saturated heterocycles. The minimum absolute atomic E-state index is 0.406. The van der Waals surface area contributed by atoms with Crippen LogP contribution in [-0.2, 0) is 0 Å². The van der Waals surface area contributed by atoms with Crippen LogP contribution < -0.4 is 10.6 Å². The van der Waals surface area contributed by atoms with Gasteiger partial charge in [0.1, 0.15) is 6.33 Å². The molecule has 24 heavy (non-hydrogen) atoms. The number of aromatic nitrogens is 5. The van der Waals surface area contributed by atoms with Crippen molar-refractivity contribution in [1.29, 1.82) is 0 Å². The molecule has 126 valence electrons. The van der Waals surface area contributed by atoms with Gasteiger partial charge in [0.25, 0.3) is 0 Å². The lowest BCUT2D eigenvalue weighted by Crippen LogP contribution is -2.42. The van der Waals surface area contributed by atoms with E-state index in [2.05, 4.69) is 31.8 Å². The summed E-state index contributed by atoms with van der Waals surface area (Å²) in [7, 11) is 4.20. The zero-order valence-corrected chi connectivity index (χ0v) is 14.6. The molecule has 8 nitrogen and oxygen atoms in total. The van der Waals surface area contributed by atoms with Crippen molar-refractivity contribution in [2.75, 3.05) is 37.8 Å². The van der Waals surface area contributed by atoms with E-state index in [1.807, 2.05) is 17.0 Å². The van der Waals surface area contributed by atoms with Gasteiger partial charge >= 0.3 is 0 Å². The van der Waals surface area contributed by atoms with Crippen molar-refractivity contribution in [2.24, 2.45) is 0 Å². The van der Waals surface area contributed by atoms with E-state index < -0.39 is 0 Å². The number of nitrogens with zero attached hydrogens (tertiary/aromatic N) is 7. The van der Waals surface area contributed by atoms with Gasteiger partial charge in [-0.05, 0) is 33.0 Å². The van der Waals surface area contributed by atoms with E-state index in [0.29, 0.717) is 29.0 Å². The van der Waals surface area contributed by atoms with Crippen molar-refractivity contribution < 1.29 is 0 Å². The molecule has 1 fully saturated rings. The number of anilines is 2. The van der Waals surface area contributed by atoms with Gasteiger partial charge < -0.3 is 15.5 Å². The summed E-state index contributed by atoms with van der Waals surface area (Å²) in [6, 6.07) is 0.425. The molecule has 0 bridgehead atoms. The Hall–Kier alpha value is -2.26. The second kappa shape index (κ2) is 5.99. The third kappa shape index (κ3) is 2.59. The number of rotatable bonds is 3. The Morgan fingerprint density at radius 2 is 2.04 bits per heavy atom. The fourth-order valence-electron chi connectivity index (χ4n) is 3.11. The molecular weight excluding hydrogens is 324 g/mol. The lowest BCUT2D eigenvalue weighted by molar-refractivity contribution is 0.252. The third-order valence-electron chi connectivity index (χ3n) is 4.63. The molecule has 4 rings (SSSR count). The van der Waals surface area contributed by atoms with E-state index in [4.69, 9.17) is 10.7 Å². The predicted molar refractivity (Wildman–Crippen MR) is 95.7 cm³/mol. The maximum atomic E-state index is 6.13. The fourth-order valence-corrected chi connectivity index (χ4v) is 3.63. The number of nitrogens with two attached hydrogens (primary N) is 1. The van der Waals surface area contributed by atoms with Crippen molar-refractivity contribution in [3.63, 3.8) is 0 Å². The van der Waals surface area contributed by atoms with Crippen LogP contribution in [-0.4, -0.2) is 62.6 Å². The van der Waals surface area contributed by atoms with Crippen molar-refractivity contribution in [2.45, 2.75) is 18.9 Å². The molecule has 0 radical (unpaired) electrons. The number of piperidine rings is 1. The summed E-state index contributed by atoms with van der Waals surface area (Å²) in [5, 5.41) is 1.96. The molecule has 1 aliphatic heterocycles. The van der Waals surface area contributed by atoms with Gasteiger partial charge in [-0.25, -0.2) is 9.97 Å². The van der Waals surface area contributed by atoms with Crippen LogP contribution >= 0.6 is 11.3 Å². The summed E-state index contributed by atoms with van der Waals surface area (Å²) in [6.45, 7) is 2.17. The monoisotopic (exact) mass is 344 g/mol. The molecule has 0 aromatic carbocycles. The molecule has 0 saturated carbocycles. The number of hydrogen-bond acceptors (Lipinski definition) is 8. The van der Waals surface area contributed by atoms with Crippen molar-refractivity contribution in [3.8, 4) is 5.82 Å². The van der Waals surface area contributed by atoms with E-state index in [1.54, 1.807) is 11.8 Å². The average Bonchev–Trinajstić information content (AvgIpc) is 3.24. The van der Waals surface area contributed by atoms with Gasteiger partial charge in [0.2, 0.25) is 5.95 Å². The van der Waals surface area contributed by atoms with Crippen LogP contribution in [0.25, 0.3) is 17.0 Å². The lowest BCUT2D eigenvalue weighted by atomic mass is 10.0. The Morgan fingerprint density at radius 1 is 1.25 bits per heavy atom. The normalized spacial score (nSPS) is 16.8. The molecular formula is C15H20N8S. The Labute approximate surface area is 144 Å². The molecule has 9 heteroatoms. The fraction of sp³-hybridized carbons (Fsp3) is 0.467. The molecule has 0 aliphatic carbocycles. The molecule has 4 heterocycles. The van der Waals surface area contributed by atoms with Gasteiger partial charge in [-0.15, -0.1) is 11.3 Å². The number of hydrogen-bond donors (Lipinski definition) is 1. The first kappa shape index (κ1) is 15.3. The summed E-state index contributed by atoms with van der Waals surface area (Å²) in [5.41, 5.74) is 9.23. The van der Waals surface area contributed by atoms with Gasteiger partial charge in [-0.2, -0.15) is 9.97 Å². The molecule has 0 atom stereocenters. The Morgan fingerprint density at radius 3 is 2.75 bits per heavy atom. The molecule has 0 unspecified atom stereocenters. The second-order valence-electron chi connectivity index (χ2n) is 6.19. The summed E-state index contributed by atoms with van der Waals surface area (Å²) in [5.74, 6) is 1.85. The topological polar surface area (TPSA) is 89.0 Å². The average molecular weight is 344 g/mol. The Kier molecular flexibility index (Phi) is 3.81. The van der Waals surface area contributed by atoms with Gasteiger partial charge in [-0.1, -0.05) is 0 Å². The maximum Gasteiger partial charge on any atom is 0.229 e. The highest BCUT2D eigenvalue weighted by atomic mass is 32.1. The van der Waals surface area contributed by atoms with Crippen LogP contribution in [0.3, 0.4) is 0 Å². The highest BCUT2D eigenvalue weighted by Gasteiger charge is 2.24. The van der Waals surface area contributed by atoms with Crippen LogP contribution in [0.5, 0.6) is 0 Å². The van der Waals surface area contributed by atoms with Gasteiger partial charge in [0.05, 0.1) is 5.51 Å². The molecule has 3 aromatic rings. The second-order valence-corrected chi connectivity index (χ2v) is 6.91. The van der Waals surface area contributed by atoms with E-state index in [1.165, 1.54) is 11.3 Å². The predicted octanol–water partition coefficient (Wildman–Crippen LogP) is 1.38. The van der Waals surface area contributed by atoms with E-state index in [9.17, 15) is 0 Å². The SMILES string of the molecule is CN1CCC(N(C)c2nc(N)c3ncn(-c4cscn4)c3n2)CC1. The number of fused-ring (bicyclic) bond motifs is 1. The molecule has 1 aliphatic rings. The van der Waals surface area contributed by atoms with Crippen LogP contribution in [0.4, 0.5) is 11.8 Å². The minimum atomic E-state index is 0.406. The number of imidazole rings is 1. The highest BCUT2D eigenvalue weighted by molar-refractivity contribution is 7.07. The number of nitrogen functional groups attached to an aromatic ring is 1. The zero-order chi connectivity index (χ0) is 16.7. The molecule has 2 N–H and O–H groups in total. The summed E-state index contributed by atoms with van der Waals surface area (Å²) in [4.78, 5) is 22.4. The number of likely N-dealkylation sites (tertiary alicyclic amines) is 1. The van der Waals surface area contributed by atoms with Crippen molar-refractivity contribution in [3.05, 3.63) is 17.2 Å². The maximum absolute atomic E-state index is 6.13. The smallest absolute Gasteiger partial charge is 0.229 e. The van der Waals surface area contributed by atoms with Gasteiger partial charge in [0.15, 0.2) is 22.8 Å². The molecule has 0 spiro atoms. The first-order chi connectivity index (χ1) is 11.6. The highest BCUT2D eigenvalue weighted by Crippen LogP contribution is 2.25. The van der Waals surface area contributed by atoms with Crippen LogP contribution in [0.15, 0.2) is 17.2 Å². The summed E-state index contributed by atoms with van der Waals surface area (Å²) < 4.78 is 1.86. The van der Waals surface area contributed by atoms with Crippen molar-refractivity contribution in [1.82, 2.24) is 29.4 Å². The van der Waals surface area contributed by atoms with Crippen molar-refractivity contribution >= 4 is 34.3 Å². The molecule has 3 aromatic heterocycles. The first-order valence-electron chi connectivity index (χ1n) is 7.94. The van der Waals surface area contributed by atoms with Gasteiger partial charge in [-0.3, -0.25) is 4.57 Å². The van der Waals surface area contributed by atoms with E-state index >= 15 is 0 Å². The standard InChI is InChI=1S/C15H20N8S/c1-21-5-3-10(4-6-21)22(2)15-19-13(16)12-14(20-15)23(8-17-12)11-7-24-9-18-11/h7-10H,3-6H2,1-2H3,(H2,16,19,20). The van der Waals surface area contributed by atoms with E-state index in [0.717, 1.165) is 31.7 Å². The minimum Gasteiger partial charge on any atom is -0.382 e. The van der Waals surface area contributed by atoms with E-state index in [-0.39, 0.29) is 0 Å². The van der Waals surface area contributed by atoms with Crippen LogP contribution in [0.1, 0.15) is 12.8 Å².